The lowest BCUT2D eigenvalue weighted by molar-refractivity contribution is -0.123. The van der Waals surface area contributed by atoms with Gasteiger partial charge >= 0.3 is 6.03 Å². The first-order valence-corrected chi connectivity index (χ1v) is 13.6. The highest BCUT2D eigenvalue weighted by molar-refractivity contribution is 7.89. The molecule has 3 atom stereocenters. The van der Waals surface area contributed by atoms with Crippen LogP contribution in [-0.4, -0.2) is 68.7 Å². The Morgan fingerprint density at radius 2 is 1.94 bits per heavy atom. The van der Waals surface area contributed by atoms with Crippen molar-refractivity contribution in [1.82, 2.24) is 20.3 Å². The lowest BCUT2D eigenvalue weighted by Gasteiger charge is -2.34. The van der Waals surface area contributed by atoms with E-state index in [1.54, 1.807) is 19.2 Å². The second kappa shape index (κ2) is 10.2. The molecule has 1 radical (unpaired) electrons. The largest absolute Gasteiger partial charge is 0.386 e. The first-order chi connectivity index (χ1) is 17.0. The van der Waals surface area contributed by atoms with E-state index >= 15 is 0 Å². The monoisotopic (exact) mass is 513 g/mol. The van der Waals surface area contributed by atoms with Crippen molar-refractivity contribution in [2.24, 2.45) is 11.7 Å². The Morgan fingerprint density at radius 1 is 1.25 bits per heavy atom. The standard InChI is InChI=1S/C25H33N6O4S/c1-16(30-36(34,35)20-10-9-17-6-3-4-7-18(17)14-20)22(32)25(11-12-25)29-24(33)31(2)15-19-8-5-13-28-21(19)23(26)27/h3-4,6-7,9-10,14,16,19,21,28,30H,5,8,11-13,15H2,1-2H3,(H3,26,27). The third kappa shape index (κ3) is 5.53. The van der Waals surface area contributed by atoms with Gasteiger partial charge in [0.25, 0.3) is 0 Å². The molecule has 1 saturated heterocycles. The van der Waals surface area contributed by atoms with Crippen molar-refractivity contribution in [3.63, 3.8) is 0 Å². The number of carbonyl (C=O) groups excluding carboxylic acids is 2. The molecular formula is C25H33N6O4S. The van der Waals surface area contributed by atoms with Crippen molar-refractivity contribution in [3.8, 4) is 0 Å². The highest BCUT2D eigenvalue weighted by atomic mass is 32.2. The molecule has 3 unspecified atom stereocenters. The molecule has 0 bridgehead atoms. The summed E-state index contributed by atoms with van der Waals surface area (Å²) in [7, 11) is -2.34. The van der Waals surface area contributed by atoms with E-state index in [1.165, 1.54) is 17.9 Å². The van der Waals surface area contributed by atoms with E-state index in [1.807, 2.05) is 24.3 Å². The number of benzene rings is 2. The van der Waals surface area contributed by atoms with E-state index in [0.717, 1.165) is 30.2 Å². The average molecular weight is 514 g/mol. The van der Waals surface area contributed by atoms with Crippen LogP contribution in [0.2, 0.25) is 0 Å². The van der Waals surface area contributed by atoms with Crippen LogP contribution in [-0.2, 0) is 14.8 Å². The Balaban J connectivity index is 1.38. The van der Waals surface area contributed by atoms with Crippen LogP contribution in [0, 0.1) is 11.3 Å². The minimum absolute atomic E-state index is 0.0149. The number of carbonyl (C=O) groups is 2. The predicted molar refractivity (Wildman–Crippen MR) is 137 cm³/mol. The zero-order chi connectivity index (χ0) is 26.1. The van der Waals surface area contributed by atoms with Gasteiger partial charge in [0.1, 0.15) is 11.4 Å². The van der Waals surface area contributed by atoms with Crippen molar-refractivity contribution < 1.29 is 18.0 Å². The molecule has 0 spiro atoms. The SMILES string of the molecule is CC(NS(=O)(=O)c1ccc2ccccc2c1)C(=O)C1([N]C(=O)N(C)CC2CCCNC2C(=N)N)CC1. The van der Waals surface area contributed by atoms with Crippen LogP contribution in [0.25, 0.3) is 10.8 Å². The van der Waals surface area contributed by atoms with E-state index in [0.29, 0.717) is 19.4 Å². The van der Waals surface area contributed by atoms with E-state index in [2.05, 4.69) is 15.4 Å². The Kier molecular flexibility index (Phi) is 7.35. The number of hydrogen-bond acceptors (Lipinski definition) is 6. The van der Waals surface area contributed by atoms with E-state index in [4.69, 9.17) is 11.1 Å². The summed E-state index contributed by atoms with van der Waals surface area (Å²) in [6.45, 7) is 2.61. The minimum atomic E-state index is -3.95. The van der Waals surface area contributed by atoms with Crippen LogP contribution < -0.4 is 21.1 Å². The van der Waals surface area contributed by atoms with Crippen molar-refractivity contribution in [2.45, 2.75) is 55.1 Å². The number of nitrogens with two attached hydrogens (primary N) is 1. The summed E-state index contributed by atoms with van der Waals surface area (Å²) in [5, 5.41) is 16.9. The second-order valence-electron chi connectivity index (χ2n) is 9.81. The van der Waals surface area contributed by atoms with Gasteiger partial charge in [0, 0.05) is 13.6 Å². The molecule has 1 saturated carbocycles. The van der Waals surface area contributed by atoms with Gasteiger partial charge in [0.2, 0.25) is 10.0 Å². The molecule has 1 heterocycles. The van der Waals surface area contributed by atoms with Crippen molar-refractivity contribution in [3.05, 3.63) is 42.5 Å². The van der Waals surface area contributed by atoms with Crippen LogP contribution in [0.15, 0.2) is 47.4 Å². The second-order valence-corrected chi connectivity index (χ2v) is 11.5. The number of fused-ring (bicyclic) bond motifs is 1. The summed E-state index contributed by atoms with van der Waals surface area (Å²) in [5.41, 5.74) is 4.50. The zero-order valence-corrected chi connectivity index (χ0v) is 21.3. The molecule has 36 heavy (non-hydrogen) atoms. The number of sulfonamides is 1. The highest BCUT2D eigenvalue weighted by Crippen LogP contribution is 2.39. The highest BCUT2D eigenvalue weighted by Gasteiger charge is 2.55. The van der Waals surface area contributed by atoms with Gasteiger partial charge in [-0.2, -0.15) is 0 Å². The molecule has 10 nitrogen and oxygen atoms in total. The van der Waals surface area contributed by atoms with Gasteiger partial charge in [0.05, 0.1) is 17.0 Å². The number of hydrogen-bond donors (Lipinski definition) is 4. The summed E-state index contributed by atoms with van der Waals surface area (Å²) in [6, 6.07) is 10.3. The molecule has 1 aliphatic heterocycles. The maximum absolute atomic E-state index is 13.2. The molecule has 5 N–H and O–H groups in total. The Labute approximate surface area is 211 Å². The number of piperidine rings is 1. The molecule has 0 aromatic heterocycles. The molecule has 2 fully saturated rings. The Bertz CT molecular complexity index is 1280. The van der Waals surface area contributed by atoms with Gasteiger partial charge in [0.15, 0.2) is 5.78 Å². The van der Waals surface area contributed by atoms with Gasteiger partial charge in [-0.15, -0.1) is 0 Å². The summed E-state index contributed by atoms with van der Waals surface area (Å²) in [5.74, 6) is -0.396. The van der Waals surface area contributed by atoms with E-state index in [9.17, 15) is 18.0 Å². The number of amidine groups is 1. The maximum Gasteiger partial charge on any atom is 0.339 e. The van der Waals surface area contributed by atoms with Crippen LogP contribution in [0.4, 0.5) is 4.79 Å². The lowest BCUT2D eigenvalue weighted by Crippen LogP contribution is -2.54. The Hall–Kier alpha value is -3.02. The van der Waals surface area contributed by atoms with E-state index in [-0.39, 0.29) is 22.7 Å². The van der Waals surface area contributed by atoms with Crippen molar-refractivity contribution in [2.75, 3.05) is 20.1 Å². The summed E-state index contributed by atoms with van der Waals surface area (Å²) >= 11 is 0. The summed E-state index contributed by atoms with van der Waals surface area (Å²) in [6.07, 6.45) is 2.54. The predicted octanol–water partition coefficient (Wildman–Crippen LogP) is 1.57. The number of rotatable bonds is 9. The zero-order valence-electron chi connectivity index (χ0n) is 20.5. The topological polar surface area (TPSA) is 160 Å². The molecule has 2 amide bonds. The molecule has 4 rings (SSSR count). The molecular weight excluding hydrogens is 480 g/mol. The molecule has 1 aliphatic carbocycles. The van der Waals surface area contributed by atoms with Gasteiger partial charge in [-0.1, -0.05) is 30.3 Å². The molecule has 2 aromatic rings. The molecule has 2 aromatic carbocycles. The Morgan fingerprint density at radius 3 is 2.61 bits per heavy atom. The third-order valence-electron chi connectivity index (χ3n) is 7.01. The number of amides is 2. The number of nitrogens with one attached hydrogen (secondary N) is 3. The van der Waals surface area contributed by atoms with Crippen molar-refractivity contribution in [1.29, 1.82) is 5.41 Å². The normalized spacial score (nSPS) is 21.9. The van der Waals surface area contributed by atoms with Crippen LogP contribution in [0.5, 0.6) is 0 Å². The fourth-order valence-corrected chi connectivity index (χ4v) is 6.08. The minimum Gasteiger partial charge on any atom is -0.386 e. The first kappa shape index (κ1) is 26.1. The van der Waals surface area contributed by atoms with Gasteiger partial charge < -0.3 is 16.0 Å². The summed E-state index contributed by atoms with van der Waals surface area (Å²) in [4.78, 5) is 27.6. The van der Waals surface area contributed by atoms with Gasteiger partial charge in [-0.3, -0.25) is 10.2 Å². The van der Waals surface area contributed by atoms with Crippen LogP contribution >= 0.6 is 0 Å². The lowest BCUT2D eigenvalue weighted by atomic mass is 9.89. The van der Waals surface area contributed by atoms with Gasteiger partial charge in [-0.05, 0) is 68.0 Å². The molecule has 2 aliphatic rings. The van der Waals surface area contributed by atoms with E-state index < -0.39 is 33.4 Å². The number of Topliss-reactive ketones (excluding diaryl/α,β-unsaturated/α-hetero) is 1. The maximum atomic E-state index is 13.2. The van der Waals surface area contributed by atoms with Crippen molar-refractivity contribution >= 4 is 38.4 Å². The third-order valence-corrected chi connectivity index (χ3v) is 8.54. The van der Waals surface area contributed by atoms with Crippen LogP contribution in [0.3, 0.4) is 0 Å². The number of ketones is 1. The molecule has 193 valence electrons. The fourth-order valence-electron chi connectivity index (χ4n) is 4.84. The average Bonchev–Trinajstić information content (AvgIpc) is 3.63. The number of urea groups is 1. The smallest absolute Gasteiger partial charge is 0.339 e. The fraction of sp³-hybridized carbons (Fsp3) is 0.480. The first-order valence-electron chi connectivity index (χ1n) is 12.1. The van der Waals surface area contributed by atoms with Crippen LogP contribution in [0.1, 0.15) is 32.6 Å². The molecule has 11 heteroatoms. The summed E-state index contributed by atoms with van der Waals surface area (Å²) < 4.78 is 28.4. The van der Waals surface area contributed by atoms with Gasteiger partial charge in [-0.25, -0.2) is 23.3 Å². The number of nitrogens with zero attached hydrogens (tertiary/aromatic N) is 2. The quantitative estimate of drug-likeness (QED) is 0.294.